The number of benzene rings is 3. The Morgan fingerprint density at radius 2 is 1.58 bits per heavy atom. The number of hydrogen-bond donors (Lipinski definition) is 1. The molecule has 11 heteroatoms. The summed E-state index contributed by atoms with van der Waals surface area (Å²) in [6.45, 7) is 0.474. The van der Waals surface area contributed by atoms with Gasteiger partial charge < -0.3 is 19.6 Å². The Morgan fingerprint density at radius 3 is 2.21 bits per heavy atom. The number of nitrogens with zero attached hydrogens (tertiary/aromatic N) is 3. The van der Waals surface area contributed by atoms with Crippen LogP contribution in [0.3, 0.4) is 0 Å². The van der Waals surface area contributed by atoms with E-state index in [1.165, 1.54) is 6.07 Å². The molecular weight excluding hydrogens is 432 g/mol. The van der Waals surface area contributed by atoms with Gasteiger partial charge in [0, 0.05) is 6.07 Å². The molecule has 0 unspecified atom stereocenters. The lowest BCUT2D eigenvalue weighted by Crippen LogP contribution is -2.06. The molecule has 0 radical (unpaired) electrons. The Bertz CT molecular complexity index is 1180. The van der Waals surface area contributed by atoms with Crippen molar-refractivity contribution >= 4 is 17.6 Å². The maximum atomic E-state index is 11.2. The first kappa shape index (κ1) is 23.0. The molecule has 0 aromatic heterocycles. The van der Waals surface area contributed by atoms with E-state index >= 15 is 0 Å². The molecule has 1 N–H and O–H groups in total. The van der Waals surface area contributed by atoms with Crippen molar-refractivity contribution in [2.45, 2.75) is 6.54 Å². The fraction of sp³-hybridized carbons (Fsp3) is 0.136. The summed E-state index contributed by atoms with van der Waals surface area (Å²) in [5, 5.41) is 26.2. The molecule has 0 amide bonds. The molecule has 0 saturated heterocycles. The number of methoxy groups -OCH3 is 2. The molecule has 0 atom stereocenters. The topological polar surface area (TPSA) is 138 Å². The van der Waals surface area contributed by atoms with Crippen molar-refractivity contribution in [2.75, 3.05) is 14.2 Å². The molecule has 0 aliphatic heterocycles. The number of non-ortho nitro benzene ring substituents is 1. The van der Waals surface area contributed by atoms with E-state index in [0.717, 1.165) is 23.3 Å². The molecule has 33 heavy (non-hydrogen) atoms. The van der Waals surface area contributed by atoms with Crippen molar-refractivity contribution in [1.82, 2.24) is 5.43 Å². The van der Waals surface area contributed by atoms with Gasteiger partial charge in [0.25, 0.3) is 5.69 Å². The average molecular weight is 452 g/mol. The van der Waals surface area contributed by atoms with Crippen LogP contribution in [-0.4, -0.2) is 30.3 Å². The Labute approximate surface area is 188 Å². The van der Waals surface area contributed by atoms with E-state index in [1.54, 1.807) is 44.7 Å². The zero-order valence-electron chi connectivity index (χ0n) is 17.8. The second kappa shape index (κ2) is 10.6. The van der Waals surface area contributed by atoms with E-state index in [9.17, 15) is 20.2 Å². The maximum absolute atomic E-state index is 11.2. The lowest BCUT2D eigenvalue weighted by atomic mass is 10.2. The molecule has 0 fully saturated rings. The van der Waals surface area contributed by atoms with Crippen molar-refractivity contribution in [3.05, 3.63) is 92.0 Å². The standard InChI is InChI=1S/C22H20N4O7/c1-31-21-9-5-16(11-22(21)32-2)14-24-23-13-15-3-7-18(8-4-15)33-20-10-6-17(25(27)28)12-19(20)26(29)30/h3-13,24H,14H2,1-2H3/b23-13+. The van der Waals surface area contributed by atoms with Gasteiger partial charge in [0.2, 0.25) is 5.75 Å². The number of hydrazone groups is 1. The third-order valence-corrected chi connectivity index (χ3v) is 4.49. The second-order valence-electron chi connectivity index (χ2n) is 6.62. The van der Waals surface area contributed by atoms with Gasteiger partial charge in [0.1, 0.15) is 5.75 Å². The summed E-state index contributed by atoms with van der Waals surface area (Å²) in [6.07, 6.45) is 1.61. The fourth-order valence-electron chi connectivity index (χ4n) is 2.84. The van der Waals surface area contributed by atoms with Crippen LogP contribution in [0.1, 0.15) is 11.1 Å². The minimum atomic E-state index is -0.729. The highest BCUT2D eigenvalue weighted by Gasteiger charge is 2.21. The Kier molecular flexibility index (Phi) is 7.37. The van der Waals surface area contributed by atoms with Crippen LogP contribution < -0.4 is 19.6 Å². The third-order valence-electron chi connectivity index (χ3n) is 4.49. The molecule has 0 spiro atoms. The first-order valence-corrected chi connectivity index (χ1v) is 9.59. The molecular formula is C22H20N4O7. The summed E-state index contributed by atoms with van der Waals surface area (Å²) < 4.78 is 16.0. The minimum Gasteiger partial charge on any atom is -0.493 e. The zero-order chi connectivity index (χ0) is 23.8. The van der Waals surface area contributed by atoms with Crippen LogP contribution in [-0.2, 0) is 6.54 Å². The monoisotopic (exact) mass is 452 g/mol. The van der Waals surface area contributed by atoms with E-state index in [0.29, 0.717) is 23.8 Å². The summed E-state index contributed by atoms with van der Waals surface area (Å²) in [5.41, 5.74) is 3.78. The summed E-state index contributed by atoms with van der Waals surface area (Å²) in [5.74, 6) is 1.52. The molecule has 3 aromatic rings. The third kappa shape index (κ3) is 5.94. The van der Waals surface area contributed by atoms with Gasteiger partial charge in [-0.25, -0.2) is 0 Å². The Hall–Kier alpha value is -4.67. The van der Waals surface area contributed by atoms with Crippen molar-refractivity contribution < 1.29 is 24.1 Å². The highest BCUT2D eigenvalue weighted by Crippen LogP contribution is 2.34. The molecule has 3 aromatic carbocycles. The van der Waals surface area contributed by atoms with Crippen LogP contribution in [0, 0.1) is 20.2 Å². The Morgan fingerprint density at radius 1 is 0.879 bits per heavy atom. The van der Waals surface area contributed by atoms with Gasteiger partial charge in [-0.05, 0) is 53.6 Å². The molecule has 0 bridgehead atoms. The second-order valence-corrected chi connectivity index (χ2v) is 6.62. The van der Waals surface area contributed by atoms with E-state index in [2.05, 4.69) is 10.5 Å². The smallest absolute Gasteiger partial charge is 0.318 e. The minimum absolute atomic E-state index is 0.0939. The lowest BCUT2D eigenvalue weighted by Gasteiger charge is -2.09. The molecule has 0 saturated carbocycles. The normalized spacial score (nSPS) is 10.6. The van der Waals surface area contributed by atoms with E-state index in [4.69, 9.17) is 14.2 Å². The van der Waals surface area contributed by atoms with E-state index in [1.807, 2.05) is 18.2 Å². The van der Waals surface area contributed by atoms with Gasteiger partial charge in [0.15, 0.2) is 11.5 Å². The van der Waals surface area contributed by atoms with Crippen molar-refractivity contribution in [1.29, 1.82) is 0 Å². The highest BCUT2D eigenvalue weighted by atomic mass is 16.6. The zero-order valence-corrected chi connectivity index (χ0v) is 17.8. The first-order chi connectivity index (χ1) is 15.9. The molecule has 11 nitrogen and oxygen atoms in total. The quantitative estimate of drug-likeness (QED) is 0.271. The SMILES string of the molecule is COc1ccc(CN/N=C/c2ccc(Oc3ccc([N+](=O)[O-])cc3[N+](=O)[O-])cc2)cc1OC. The Balaban J connectivity index is 1.61. The summed E-state index contributed by atoms with van der Waals surface area (Å²) in [4.78, 5) is 20.6. The fourth-order valence-corrected chi connectivity index (χ4v) is 2.84. The predicted octanol–water partition coefficient (Wildman–Crippen LogP) is 4.44. The van der Waals surface area contributed by atoms with Gasteiger partial charge in [0.05, 0.1) is 42.9 Å². The number of ether oxygens (including phenoxy) is 3. The van der Waals surface area contributed by atoms with Crippen molar-refractivity contribution in [3.63, 3.8) is 0 Å². The first-order valence-electron chi connectivity index (χ1n) is 9.59. The van der Waals surface area contributed by atoms with Crippen LogP contribution in [0.4, 0.5) is 11.4 Å². The van der Waals surface area contributed by atoms with Crippen LogP contribution >= 0.6 is 0 Å². The molecule has 0 aliphatic rings. The summed E-state index contributed by atoms with van der Waals surface area (Å²) in [6, 6.07) is 15.4. The average Bonchev–Trinajstić information content (AvgIpc) is 2.82. The van der Waals surface area contributed by atoms with E-state index in [-0.39, 0.29) is 11.4 Å². The largest absolute Gasteiger partial charge is 0.493 e. The van der Waals surface area contributed by atoms with Gasteiger partial charge in [-0.3, -0.25) is 20.2 Å². The van der Waals surface area contributed by atoms with Crippen LogP contribution in [0.5, 0.6) is 23.0 Å². The summed E-state index contributed by atoms with van der Waals surface area (Å²) in [7, 11) is 3.14. The number of nitrogens with one attached hydrogen (secondary N) is 1. The molecule has 0 aliphatic carbocycles. The molecule has 170 valence electrons. The maximum Gasteiger partial charge on any atom is 0.318 e. The van der Waals surface area contributed by atoms with Crippen LogP contribution in [0.15, 0.2) is 65.8 Å². The summed E-state index contributed by atoms with van der Waals surface area (Å²) >= 11 is 0. The van der Waals surface area contributed by atoms with Crippen molar-refractivity contribution in [2.24, 2.45) is 5.10 Å². The van der Waals surface area contributed by atoms with E-state index < -0.39 is 15.5 Å². The highest BCUT2D eigenvalue weighted by molar-refractivity contribution is 5.79. The lowest BCUT2D eigenvalue weighted by molar-refractivity contribution is -0.394. The number of rotatable bonds is 10. The number of nitro groups is 2. The number of hydrogen-bond acceptors (Lipinski definition) is 9. The van der Waals surface area contributed by atoms with Gasteiger partial charge in [-0.15, -0.1) is 0 Å². The van der Waals surface area contributed by atoms with Gasteiger partial charge >= 0.3 is 5.69 Å². The molecule has 3 rings (SSSR count). The predicted molar refractivity (Wildman–Crippen MR) is 120 cm³/mol. The van der Waals surface area contributed by atoms with Gasteiger partial charge in [-0.2, -0.15) is 5.10 Å². The molecule has 0 heterocycles. The van der Waals surface area contributed by atoms with Crippen molar-refractivity contribution in [3.8, 4) is 23.0 Å². The van der Waals surface area contributed by atoms with Crippen LogP contribution in [0.2, 0.25) is 0 Å². The van der Waals surface area contributed by atoms with Gasteiger partial charge in [-0.1, -0.05) is 6.07 Å². The van der Waals surface area contributed by atoms with Crippen LogP contribution in [0.25, 0.3) is 0 Å². The number of nitro benzene ring substituents is 2.